The molecule has 110 valence electrons. The lowest BCUT2D eigenvalue weighted by Gasteiger charge is -2.10. The van der Waals surface area contributed by atoms with Crippen LogP contribution in [-0.2, 0) is 6.42 Å². The van der Waals surface area contributed by atoms with Crippen LogP contribution < -0.4 is 4.74 Å². The molecule has 0 radical (unpaired) electrons. The number of methoxy groups -OCH3 is 1. The third-order valence-corrected chi connectivity index (χ3v) is 3.26. The minimum absolute atomic E-state index is 0.0123. The second-order valence-corrected chi connectivity index (χ2v) is 5.44. The zero-order valence-corrected chi connectivity index (χ0v) is 12.5. The Morgan fingerprint density at radius 1 is 1.19 bits per heavy atom. The van der Waals surface area contributed by atoms with Gasteiger partial charge in [-0.1, -0.05) is 38.1 Å². The highest BCUT2D eigenvalue weighted by Crippen LogP contribution is 2.25. The topological polar surface area (TPSA) is 26.3 Å². The summed E-state index contributed by atoms with van der Waals surface area (Å²) in [5.74, 6) is -0.156. The molecule has 0 amide bonds. The van der Waals surface area contributed by atoms with Gasteiger partial charge in [-0.05, 0) is 36.1 Å². The van der Waals surface area contributed by atoms with Gasteiger partial charge in [-0.25, -0.2) is 4.39 Å². The molecular formula is C18H19FO2. The van der Waals surface area contributed by atoms with Gasteiger partial charge in [0.25, 0.3) is 0 Å². The summed E-state index contributed by atoms with van der Waals surface area (Å²) in [6, 6.07) is 11.7. The fourth-order valence-electron chi connectivity index (χ4n) is 2.35. The summed E-state index contributed by atoms with van der Waals surface area (Å²) in [6.45, 7) is 4.24. The fraction of sp³-hybridized carbons (Fsp3) is 0.278. The lowest BCUT2D eigenvalue weighted by molar-refractivity contribution is 0.103. The van der Waals surface area contributed by atoms with Crippen LogP contribution in [0.1, 0.15) is 35.3 Å². The summed E-state index contributed by atoms with van der Waals surface area (Å²) >= 11 is 0. The van der Waals surface area contributed by atoms with E-state index in [1.165, 1.54) is 19.2 Å². The third-order valence-electron chi connectivity index (χ3n) is 3.26. The van der Waals surface area contributed by atoms with Gasteiger partial charge in [-0.3, -0.25) is 4.79 Å². The molecule has 0 atom stereocenters. The van der Waals surface area contributed by atoms with Gasteiger partial charge >= 0.3 is 0 Å². The molecule has 0 fully saturated rings. The van der Waals surface area contributed by atoms with Gasteiger partial charge in [-0.15, -0.1) is 0 Å². The molecule has 0 aliphatic rings. The second kappa shape index (κ2) is 6.53. The van der Waals surface area contributed by atoms with E-state index in [1.54, 1.807) is 12.1 Å². The number of ether oxygens (including phenoxy) is 1. The van der Waals surface area contributed by atoms with Crippen LogP contribution in [0, 0.1) is 11.7 Å². The number of halogens is 1. The van der Waals surface area contributed by atoms with Crippen LogP contribution in [-0.4, -0.2) is 12.9 Å². The Hall–Kier alpha value is -2.16. The monoisotopic (exact) mass is 286 g/mol. The SMILES string of the molecule is COc1cccc(F)c1C(=O)c1cccc(CC(C)C)c1. The first kappa shape index (κ1) is 15.2. The van der Waals surface area contributed by atoms with E-state index in [2.05, 4.69) is 13.8 Å². The Kier molecular flexibility index (Phi) is 4.73. The van der Waals surface area contributed by atoms with Crippen molar-refractivity contribution in [2.24, 2.45) is 5.92 Å². The summed E-state index contributed by atoms with van der Waals surface area (Å²) in [7, 11) is 1.43. The van der Waals surface area contributed by atoms with Crippen molar-refractivity contribution >= 4 is 5.78 Å². The minimum atomic E-state index is -0.561. The van der Waals surface area contributed by atoms with Gasteiger partial charge in [-0.2, -0.15) is 0 Å². The smallest absolute Gasteiger partial charge is 0.199 e. The number of rotatable bonds is 5. The molecule has 2 aromatic carbocycles. The molecule has 2 nitrogen and oxygen atoms in total. The van der Waals surface area contributed by atoms with E-state index in [0.29, 0.717) is 11.5 Å². The van der Waals surface area contributed by atoms with Crippen molar-refractivity contribution in [3.63, 3.8) is 0 Å². The van der Waals surface area contributed by atoms with Crippen molar-refractivity contribution in [1.82, 2.24) is 0 Å². The van der Waals surface area contributed by atoms with Crippen LogP contribution in [0.2, 0.25) is 0 Å². The average Bonchev–Trinajstić information content (AvgIpc) is 2.45. The first-order valence-electron chi connectivity index (χ1n) is 6.99. The molecule has 2 rings (SSSR count). The summed E-state index contributed by atoms with van der Waals surface area (Å²) in [5.41, 5.74) is 1.55. The second-order valence-electron chi connectivity index (χ2n) is 5.44. The van der Waals surface area contributed by atoms with Gasteiger partial charge in [0.1, 0.15) is 17.1 Å². The zero-order valence-electron chi connectivity index (χ0n) is 12.5. The van der Waals surface area contributed by atoms with E-state index in [9.17, 15) is 9.18 Å². The summed E-state index contributed by atoms with van der Waals surface area (Å²) in [6.07, 6.45) is 0.884. The summed E-state index contributed by atoms with van der Waals surface area (Å²) < 4.78 is 19.1. The van der Waals surface area contributed by atoms with Gasteiger partial charge in [0.05, 0.1) is 7.11 Å². The Labute approximate surface area is 124 Å². The van der Waals surface area contributed by atoms with Crippen molar-refractivity contribution in [3.05, 3.63) is 65.0 Å². The highest BCUT2D eigenvalue weighted by molar-refractivity contribution is 6.11. The maximum atomic E-state index is 14.0. The standard InChI is InChI=1S/C18H19FO2/c1-12(2)10-13-6-4-7-14(11-13)18(20)17-15(19)8-5-9-16(17)21-3/h4-9,11-12H,10H2,1-3H3. The van der Waals surface area contributed by atoms with E-state index < -0.39 is 5.82 Å². The van der Waals surface area contributed by atoms with Crippen LogP contribution in [0.4, 0.5) is 4.39 Å². The molecule has 0 spiro atoms. The first-order chi connectivity index (χ1) is 10.0. The van der Waals surface area contributed by atoms with Crippen molar-refractivity contribution in [2.75, 3.05) is 7.11 Å². The number of carbonyl (C=O) groups excluding carboxylic acids is 1. The summed E-state index contributed by atoms with van der Waals surface area (Å²) in [4.78, 5) is 12.6. The Bertz CT molecular complexity index is 647. The number of hydrogen-bond acceptors (Lipinski definition) is 2. The molecule has 2 aromatic rings. The molecule has 0 saturated heterocycles. The van der Waals surface area contributed by atoms with E-state index in [4.69, 9.17) is 4.74 Å². The van der Waals surface area contributed by atoms with Crippen molar-refractivity contribution < 1.29 is 13.9 Å². The maximum absolute atomic E-state index is 14.0. The van der Waals surface area contributed by atoms with E-state index >= 15 is 0 Å². The molecule has 0 aliphatic carbocycles. The molecule has 0 saturated carbocycles. The van der Waals surface area contributed by atoms with Crippen molar-refractivity contribution in [3.8, 4) is 5.75 Å². The molecular weight excluding hydrogens is 267 g/mol. The molecule has 0 aliphatic heterocycles. The Morgan fingerprint density at radius 2 is 1.90 bits per heavy atom. The molecule has 0 aromatic heterocycles. The lowest BCUT2D eigenvalue weighted by atomic mass is 9.96. The highest BCUT2D eigenvalue weighted by atomic mass is 19.1. The number of benzene rings is 2. The van der Waals surface area contributed by atoms with E-state index in [1.807, 2.05) is 18.2 Å². The van der Waals surface area contributed by atoms with Gasteiger partial charge < -0.3 is 4.74 Å². The zero-order chi connectivity index (χ0) is 15.4. The van der Waals surface area contributed by atoms with Crippen molar-refractivity contribution in [2.45, 2.75) is 20.3 Å². The number of hydrogen-bond donors (Lipinski definition) is 0. The van der Waals surface area contributed by atoms with Crippen LogP contribution in [0.3, 0.4) is 0 Å². The van der Waals surface area contributed by atoms with Crippen LogP contribution in [0.15, 0.2) is 42.5 Å². The van der Waals surface area contributed by atoms with Crippen molar-refractivity contribution in [1.29, 1.82) is 0 Å². The van der Waals surface area contributed by atoms with Crippen LogP contribution in [0.5, 0.6) is 5.75 Å². The van der Waals surface area contributed by atoms with E-state index in [0.717, 1.165) is 12.0 Å². The van der Waals surface area contributed by atoms with Gasteiger partial charge in [0.15, 0.2) is 5.78 Å². The fourth-order valence-corrected chi connectivity index (χ4v) is 2.35. The maximum Gasteiger partial charge on any atom is 0.199 e. The number of carbonyl (C=O) groups is 1. The van der Waals surface area contributed by atoms with Gasteiger partial charge in [0, 0.05) is 5.56 Å². The third kappa shape index (κ3) is 3.48. The van der Waals surface area contributed by atoms with Gasteiger partial charge in [0.2, 0.25) is 0 Å². The quantitative estimate of drug-likeness (QED) is 0.767. The van der Waals surface area contributed by atoms with E-state index in [-0.39, 0.29) is 17.1 Å². The summed E-state index contributed by atoms with van der Waals surface area (Å²) in [5, 5.41) is 0. The predicted octanol–water partition coefficient (Wildman–Crippen LogP) is 4.26. The van der Waals surface area contributed by atoms with Crippen LogP contribution in [0.25, 0.3) is 0 Å². The molecule has 0 heterocycles. The van der Waals surface area contributed by atoms with Crippen LogP contribution >= 0.6 is 0 Å². The Morgan fingerprint density at radius 3 is 2.57 bits per heavy atom. The highest BCUT2D eigenvalue weighted by Gasteiger charge is 2.19. The minimum Gasteiger partial charge on any atom is -0.496 e. The molecule has 0 N–H and O–H groups in total. The lowest BCUT2D eigenvalue weighted by Crippen LogP contribution is -2.07. The largest absolute Gasteiger partial charge is 0.496 e. The average molecular weight is 286 g/mol. The number of ketones is 1. The predicted molar refractivity (Wildman–Crippen MR) is 81.4 cm³/mol. The molecule has 0 unspecified atom stereocenters. The Balaban J connectivity index is 2.41. The molecule has 3 heteroatoms. The normalized spacial score (nSPS) is 10.7. The first-order valence-corrected chi connectivity index (χ1v) is 6.99. The molecule has 21 heavy (non-hydrogen) atoms. The molecule has 0 bridgehead atoms.